The van der Waals surface area contributed by atoms with Crippen LogP contribution in [0.5, 0.6) is 0 Å². The van der Waals surface area contributed by atoms with Crippen molar-refractivity contribution in [2.24, 2.45) is 0 Å². The number of aliphatic hydroxyl groups is 1. The van der Waals surface area contributed by atoms with Crippen molar-refractivity contribution in [2.75, 3.05) is 13.2 Å². The summed E-state index contributed by atoms with van der Waals surface area (Å²) in [5.41, 5.74) is 0. The Bertz CT molecular complexity index is 771. The highest BCUT2D eigenvalue weighted by Crippen LogP contribution is 2.15. The minimum absolute atomic E-state index is 0.0891. The molecule has 1 N–H and O–H groups in total. The van der Waals surface area contributed by atoms with E-state index in [4.69, 9.17) is 9.47 Å². The van der Waals surface area contributed by atoms with Crippen LogP contribution >= 0.6 is 0 Å². The summed E-state index contributed by atoms with van der Waals surface area (Å²) in [6, 6.07) is 0. The van der Waals surface area contributed by atoms with E-state index in [1.807, 2.05) is 0 Å². The van der Waals surface area contributed by atoms with Crippen molar-refractivity contribution >= 4 is 11.9 Å². The number of unbranched alkanes of at least 4 members (excludes halogenated alkanes) is 23. The molecule has 280 valence electrons. The number of allylic oxidation sites excluding steroid dienone is 6. The van der Waals surface area contributed by atoms with Crippen LogP contribution in [-0.4, -0.2) is 36.4 Å². The molecule has 1 atom stereocenters. The molecule has 0 bridgehead atoms. The van der Waals surface area contributed by atoms with Crippen LogP contribution in [0.4, 0.5) is 0 Å². The molecule has 0 aliphatic carbocycles. The van der Waals surface area contributed by atoms with E-state index in [2.05, 4.69) is 50.3 Å². The van der Waals surface area contributed by atoms with E-state index in [9.17, 15) is 14.7 Å². The summed E-state index contributed by atoms with van der Waals surface area (Å²) in [5.74, 6) is -0.645. The van der Waals surface area contributed by atoms with Crippen molar-refractivity contribution in [1.82, 2.24) is 0 Å². The highest BCUT2D eigenvalue weighted by Gasteiger charge is 2.16. The molecular formula is C43H78O5. The Morgan fingerprint density at radius 1 is 0.479 bits per heavy atom. The lowest BCUT2D eigenvalue weighted by Gasteiger charge is -2.15. The zero-order chi connectivity index (χ0) is 35.0. The van der Waals surface area contributed by atoms with Gasteiger partial charge in [0.2, 0.25) is 0 Å². The third-order valence-corrected chi connectivity index (χ3v) is 8.94. The molecular weight excluding hydrogens is 596 g/mol. The summed E-state index contributed by atoms with van der Waals surface area (Å²) in [5, 5.41) is 9.55. The summed E-state index contributed by atoms with van der Waals surface area (Å²) in [6.45, 7) is 4.10. The normalized spacial score (nSPS) is 12.5. The van der Waals surface area contributed by atoms with Gasteiger partial charge in [0.15, 0.2) is 6.10 Å². The summed E-state index contributed by atoms with van der Waals surface area (Å²) in [4.78, 5) is 24.2. The number of hydrogen-bond acceptors (Lipinski definition) is 5. The third kappa shape index (κ3) is 36.9. The van der Waals surface area contributed by atoms with Crippen molar-refractivity contribution in [1.29, 1.82) is 0 Å². The Labute approximate surface area is 297 Å². The zero-order valence-corrected chi connectivity index (χ0v) is 31.7. The number of rotatable bonds is 37. The fourth-order valence-corrected chi connectivity index (χ4v) is 5.81. The highest BCUT2D eigenvalue weighted by atomic mass is 16.6. The minimum atomic E-state index is -0.788. The Kier molecular flexibility index (Phi) is 38.0. The average Bonchev–Trinajstić information content (AvgIpc) is 3.09. The van der Waals surface area contributed by atoms with Crippen LogP contribution in [0.1, 0.15) is 206 Å². The van der Waals surface area contributed by atoms with Crippen LogP contribution in [0.3, 0.4) is 0 Å². The standard InChI is InChI=1S/C43H78O5/c1-3-5-7-9-11-13-15-17-19-21-23-25-27-29-31-33-35-37-42(45)47-40-41(39-44)48-43(46)38-36-34-32-30-28-26-24-22-20-18-16-14-12-10-8-6-4-2/h17,19,23,25,29,31,41,44H,3-16,18,20-22,24,26-28,30,32-40H2,1-2H3. The molecule has 1 unspecified atom stereocenters. The molecule has 0 fully saturated rings. The molecule has 5 nitrogen and oxygen atoms in total. The predicted molar refractivity (Wildman–Crippen MR) is 205 cm³/mol. The van der Waals surface area contributed by atoms with E-state index in [1.54, 1.807) is 0 Å². The van der Waals surface area contributed by atoms with Crippen LogP contribution in [0.25, 0.3) is 0 Å². The first-order chi connectivity index (χ1) is 23.6. The fraction of sp³-hybridized carbons (Fsp3) is 0.814. The summed E-state index contributed by atoms with van der Waals surface area (Å²) in [7, 11) is 0. The van der Waals surface area contributed by atoms with Gasteiger partial charge in [0.25, 0.3) is 0 Å². The summed E-state index contributed by atoms with van der Waals surface area (Å²) in [6.07, 6.45) is 47.8. The van der Waals surface area contributed by atoms with E-state index >= 15 is 0 Å². The summed E-state index contributed by atoms with van der Waals surface area (Å²) < 4.78 is 10.6. The molecule has 0 saturated heterocycles. The molecule has 5 heteroatoms. The topological polar surface area (TPSA) is 72.8 Å². The Morgan fingerprint density at radius 3 is 1.31 bits per heavy atom. The molecule has 0 aliphatic rings. The molecule has 0 radical (unpaired) electrons. The second-order valence-electron chi connectivity index (χ2n) is 13.7. The Balaban J connectivity index is 3.60. The van der Waals surface area contributed by atoms with E-state index in [1.165, 1.54) is 135 Å². The second-order valence-corrected chi connectivity index (χ2v) is 13.7. The maximum absolute atomic E-state index is 12.2. The molecule has 0 aliphatic heterocycles. The number of carbonyl (C=O) groups excluding carboxylic acids is 2. The molecule has 0 aromatic carbocycles. The van der Waals surface area contributed by atoms with Gasteiger partial charge in [-0.25, -0.2) is 0 Å². The SMILES string of the molecule is CCCCCCCCC=CCC=CCC=CCCCC(=O)OCC(CO)OC(=O)CCCCCCCCCCCCCCCCCCC. The number of hydrogen-bond donors (Lipinski definition) is 1. The predicted octanol–water partition coefficient (Wildman–Crippen LogP) is 12.8. The largest absolute Gasteiger partial charge is 0.462 e. The number of carbonyl (C=O) groups is 2. The Morgan fingerprint density at radius 2 is 0.854 bits per heavy atom. The minimum Gasteiger partial charge on any atom is -0.462 e. The van der Waals surface area contributed by atoms with Crippen molar-refractivity contribution in [3.8, 4) is 0 Å². The lowest BCUT2D eigenvalue weighted by Crippen LogP contribution is -2.28. The van der Waals surface area contributed by atoms with E-state index in [0.717, 1.165) is 38.5 Å². The number of ether oxygens (including phenoxy) is 2. The van der Waals surface area contributed by atoms with Gasteiger partial charge >= 0.3 is 11.9 Å². The molecule has 0 rings (SSSR count). The monoisotopic (exact) mass is 675 g/mol. The molecule has 48 heavy (non-hydrogen) atoms. The van der Waals surface area contributed by atoms with Gasteiger partial charge in [-0.15, -0.1) is 0 Å². The van der Waals surface area contributed by atoms with Crippen LogP contribution in [0.2, 0.25) is 0 Å². The lowest BCUT2D eigenvalue weighted by atomic mass is 10.0. The smallest absolute Gasteiger partial charge is 0.306 e. The van der Waals surface area contributed by atoms with Gasteiger partial charge in [-0.1, -0.05) is 185 Å². The highest BCUT2D eigenvalue weighted by molar-refractivity contribution is 5.70. The van der Waals surface area contributed by atoms with Gasteiger partial charge in [-0.05, 0) is 44.9 Å². The van der Waals surface area contributed by atoms with Gasteiger partial charge < -0.3 is 14.6 Å². The molecule has 0 heterocycles. The van der Waals surface area contributed by atoms with Crippen LogP contribution in [0.15, 0.2) is 36.5 Å². The Hall–Kier alpha value is -1.88. The van der Waals surface area contributed by atoms with Gasteiger partial charge in [-0.2, -0.15) is 0 Å². The molecule has 0 amide bonds. The molecule has 0 spiro atoms. The molecule has 0 aromatic heterocycles. The van der Waals surface area contributed by atoms with E-state index in [0.29, 0.717) is 19.3 Å². The molecule has 0 saturated carbocycles. The van der Waals surface area contributed by atoms with Gasteiger partial charge in [0, 0.05) is 12.8 Å². The van der Waals surface area contributed by atoms with Crippen molar-refractivity contribution in [2.45, 2.75) is 213 Å². The first-order valence-corrected chi connectivity index (χ1v) is 20.5. The first kappa shape index (κ1) is 46.1. The molecule has 0 aromatic rings. The third-order valence-electron chi connectivity index (χ3n) is 8.94. The van der Waals surface area contributed by atoms with Crippen molar-refractivity contribution in [3.05, 3.63) is 36.5 Å². The van der Waals surface area contributed by atoms with E-state index in [-0.39, 0.29) is 25.2 Å². The zero-order valence-electron chi connectivity index (χ0n) is 31.7. The quantitative estimate of drug-likeness (QED) is 0.0403. The van der Waals surface area contributed by atoms with Crippen molar-refractivity contribution in [3.63, 3.8) is 0 Å². The van der Waals surface area contributed by atoms with Crippen molar-refractivity contribution < 1.29 is 24.2 Å². The lowest BCUT2D eigenvalue weighted by molar-refractivity contribution is -0.161. The van der Waals surface area contributed by atoms with Gasteiger partial charge in [0.05, 0.1) is 6.61 Å². The van der Waals surface area contributed by atoms with Crippen LogP contribution in [0, 0.1) is 0 Å². The first-order valence-electron chi connectivity index (χ1n) is 20.5. The summed E-state index contributed by atoms with van der Waals surface area (Å²) >= 11 is 0. The second kappa shape index (κ2) is 39.6. The number of aliphatic hydroxyl groups excluding tert-OH is 1. The van der Waals surface area contributed by atoms with Gasteiger partial charge in [0.1, 0.15) is 6.61 Å². The van der Waals surface area contributed by atoms with Gasteiger partial charge in [-0.3, -0.25) is 9.59 Å². The maximum Gasteiger partial charge on any atom is 0.306 e. The maximum atomic E-state index is 12.2. The average molecular weight is 675 g/mol. The van der Waals surface area contributed by atoms with Crippen LogP contribution in [-0.2, 0) is 19.1 Å². The number of esters is 2. The van der Waals surface area contributed by atoms with Crippen LogP contribution < -0.4 is 0 Å². The fourth-order valence-electron chi connectivity index (χ4n) is 5.81. The van der Waals surface area contributed by atoms with E-state index < -0.39 is 6.10 Å².